The standard InChI is InChI=1S/C16H20O2/c1-11-8-15(10-18-11)16(17)14-7-6-12-4-2-3-5-13(12)9-14/h2-5,11,14-15H,6-10H2,1H3. The first-order valence-electron chi connectivity index (χ1n) is 6.96. The summed E-state index contributed by atoms with van der Waals surface area (Å²) in [5.41, 5.74) is 2.80. The average Bonchev–Trinajstić information content (AvgIpc) is 2.84. The molecule has 1 aliphatic carbocycles. The first-order valence-corrected chi connectivity index (χ1v) is 6.96. The Balaban J connectivity index is 1.70. The molecule has 3 rings (SSSR count). The van der Waals surface area contributed by atoms with Crippen LogP contribution in [0, 0.1) is 11.8 Å². The number of carbonyl (C=O) groups is 1. The molecule has 2 nitrogen and oxygen atoms in total. The van der Waals surface area contributed by atoms with Crippen molar-refractivity contribution in [2.45, 2.75) is 38.7 Å². The lowest BCUT2D eigenvalue weighted by Crippen LogP contribution is -2.28. The monoisotopic (exact) mass is 244 g/mol. The van der Waals surface area contributed by atoms with Crippen LogP contribution in [0.4, 0.5) is 0 Å². The summed E-state index contributed by atoms with van der Waals surface area (Å²) in [6, 6.07) is 8.53. The van der Waals surface area contributed by atoms with E-state index in [2.05, 4.69) is 31.2 Å². The van der Waals surface area contributed by atoms with Crippen LogP contribution in [0.5, 0.6) is 0 Å². The van der Waals surface area contributed by atoms with E-state index >= 15 is 0 Å². The Morgan fingerprint density at radius 2 is 2.00 bits per heavy atom. The number of carbonyl (C=O) groups excluding carboxylic acids is 1. The quantitative estimate of drug-likeness (QED) is 0.799. The third-order valence-corrected chi connectivity index (χ3v) is 4.35. The van der Waals surface area contributed by atoms with Crippen LogP contribution in [0.25, 0.3) is 0 Å². The van der Waals surface area contributed by atoms with Crippen molar-refractivity contribution in [2.24, 2.45) is 11.8 Å². The topological polar surface area (TPSA) is 26.3 Å². The van der Waals surface area contributed by atoms with E-state index in [0.717, 1.165) is 25.7 Å². The molecule has 0 aromatic heterocycles. The number of benzene rings is 1. The maximum absolute atomic E-state index is 12.5. The average molecular weight is 244 g/mol. The van der Waals surface area contributed by atoms with Gasteiger partial charge in [-0.1, -0.05) is 24.3 Å². The molecule has 0 amide bonds. The number of hydrogen-bond acceptors (Lipinski definition) is 2. The number of aryl methyl sites for hydroxylation is 1. The van der Waals surface area contributed by atoms with Gasteiger partial charge in [0.25, 0.3) is 0 Å². The fraction of sp³-hybridized carbons (Fsp3) is 0.562. The summed E-state index contributed by atoms with van der Waals surface area (Å²) in [5.74, 6) is 0.808. The summed E-state index contributed by atoms with van der Waals surface area (Å²) in [4.78, 5) is 12.5. The van der Waals surface area contributed by atoms with Crippen molar-refractivity contribution in [3.05, 3.63) is 35.4 Å². The Labute approximate surface area is 108 Å². The molecule has 96 valence electrons. The molecule has 0 spiro atoms. The third-order valence-electron chi connectivity index (χ3n) is 4.35. The van der Waals surface area contributed by atoms with E-state index in [9.17, 15) is 4.79 Å². The molecule has 18 heavy (non-hydrogen) atoms. The van der Waals surface area contributed by atoms with Gasteiger partial charge in [0, 0.05) is 11.8 Å². The second-order valence-electron chi connectivity index (χ2n) is 5.69. The minimum Gasteiger partial charge on any atom is -0.378 e. The van der Waals surface area contributed by atoms with Gasteiger partial charge in [0.1, 0.15) is 5.78 Å². The molecule has 2 heteroatoms. The highest BCUT2D eigenvalue weighted by Crippen LogP contribution is 2.30. The molecule has 1 aliphatic heterocycles. The van der Waals surface area contributed by atoms with Gasteiger partial charge in [-0.25, -0.2) is 0 Å². The molecule has 1 heterocycles. The van der Waals surface area contributed by atoms with E-state index in [1.54, 1.807) is 0 Å². The van der Waals surface area contributed by atoms with Gasteiger partial charge in [0.05, 0.1) is 12.7 Å². The third kappa shape index (κ3) is 2.22. The molecule has 1 fully saturated rings. The molecule has 0 bridgehead atoms. The second kappa shape index (κ2) is 4.85. The van der Waals surface area contributed by atoms with Crippen LogP contribution in [0.15, 0.2) is 24.3 Å². The summed E-state index contributed by atoms with van der Waals surface area (Å²) in [6.07, 6.45) is 4.17. The molecule has 1 aromatic carbocycles. The normalized spacial score (nSPS) is 31.1. The lowest BCUT2D eigenvalue weighted by Gasteiger charge is -2.25. The molecular formula is C16H20O2. The van der Waals surface area contributed by atoms with Crippen molar-refractivity contribution < 1.29 is 9.53 Å². The van der Waals surface area contributed by atoms with Crippen molar-refractivity contribution in [3.8, 4) is 0 Å². The molecule has 0 N–H and O–H groups in total. The van der Waals surface area contributed by atoms with E-state index in [1.807, 2.05) is 0 Å². The van der Waals surface area contributed by atoms with Gasteiger partial charge in [-0.15, -0.1) is 0 Å². The Bertz CT molecular complexity index is 452. The zero-order valence-electron chi connectivity index (χ0n) is 10.9. The highest BCUT2D eigenvalue weighted by atomic mass is 16.5. The number of ether oxygens (including phenoxy) is 1. The molecule has 1 saturated heterocycles. The van der Waals surface area contributed by atoms with Crippen LogP contribution in [0.2, 0.25) is 0 Å². The number of rotatable bonds is 2. The van der Waals surface area contributed by atoms with Gasteiger partial charge >= 0.3 is 0 Å². The van der Waals surface area contributed by atoms with Crippen LogP contribution in [-0.2, 0) is 22.4 Å². The first kappa shape index (κ1) is 11.9. The van der Waals surface area contributed by atoms with Crippen molar-refractivity contribution >= 4 is 5.78 Å². The zero-order valence-corrected chi connectivity index (χ0v) is 10.9. The van der Waals surface area contributed by atoms with Crippen LogP contribution in [0.3, 0.4) is 0 Å². The molecule has 0 saturated carbocycles. The Kier molecular flexibility index (Phi) is 3.21. The Hall–Kier alpha value is -1.15. The number of fused-ring (bicyclic) bond motifs is 1. The van der Waals surface area contributed by atoms with E-state index in [0.29, 0.717) is 12.4 Å². The molecule has 0 radical (unpaired) electrons. The van der Waals surface area contributed by atoms with Crippen LogP contribution < -0.4 is 0 Å². The maximum Gasteiger partial charge on any atom is 0.141 e. The molecular weight excluding hydrogens is 224 g/mol. The lowest BCUT2D eigenvalue weighted by molar-refractivity contribution is -0.127. The summed E-state index contributed by atoms with van der Waals surface area (Å²) in [5, 5.41) is 0. The first-order chi connectivity index (χ1) is 8.74. The van der Waals surface area contributed by atoms with E-state index in [4.69, 9.17) is 4.74 Å². The number of Topliss-reactive ketones (excluding diaryl/α,β-unsaturated/α-hetero) is 1. The number of hydrogen-bond donors (Lipinski definition) is 0. The highest BCUT2D eigenvalue weighted by Gasteiger charge is 2.34. The van der Waals surface area contributed by atoms with Crippen LogP contribution >= 0.6 is 0 Å². The summed E-state index contributed by atoms with van der Waals surface area (Å²) in [6.45, 7) is 2.70. The maximum atomic E-state index is 12.5. The van der Waals surface area contributed by atoms with E-state index in [-0.39, 0.29) is 17.9 Å². The fourth-order valence-corrected chi connectivity index (χ4v) is 3.29. The molecule has 1 aromatic rings. The van der Waals surface area contributed by atoms with Gasteiger partial charge in [-0.2, -0.15) is 0 Å². The summed E-state index contributed by atoms with van der Waals surface area (Å²) < 4.78 is 5.53. The predicted octanol–water partition coefficient (Wildman–Crippen LogP) is 2.79. The van der Waals surface area contributed by atoms with Crippen molar-refractivity contribution in [3.63, 3.8) is 0 Å². The van der Waals surface area contributed by atoms with Gasteiger partial charge in [0.15, 0.2) is 0 Å². The number of ketones is 1. The Morgan fingerprint density at radius 3 is 2.72 bits per heavy atom. The molecule has 3 atom stereocenters. The largest absolute Gasteiger partial charge is 0.378 e. The second-order valence-corrected chi connectivity index (χ2v) is 5.69. The van der Waals surface area contributed by atoms with E-state index < -0.39 is 0 Å². The summed E-state index contributed by atoms with van der Waals surface area (Å²) in [7, 11) is 0. The van der Waals surface area contributed by atoms with Crippen LogP contribution in [0.1, 0.15) is 30.9 Å². The van der Waals surface area contributed by atoms with Gasteiger partial charge in [-0.3, -0.25) is 4.79 Å². The SMILES string of the molecule is CC1CC(C(=O)C2CCc3ccccc3C2)CO1. The lowest BCUT2D eigenvalue weighted by atomic mass is 9.78. The minimum atomic E-state index is 0.148. The molecule has 2 aliphatic rings. The van der Waals surface area contributed by atoms with E-state index in [1.165, 1.54) is 11.1 Å². The van der Waals surface area contributed by atoms with Crippen molar-refractivity contribution in [1.82, 2.24) is 0 Å². The molecule has 3 unspecified atom stereocenters. The van der Waals surface area contributed by atoms with Crippen molar-refractivity contribution in [2.75, 3.05) is 6.61 Å². The summed E-state index contributed by atoms with van der Waals surface area (Å²) >= 11 is 0. The van der Waals surface area contributed by atoms with Crippen LogP contribution in [-0.4, -0.2) is 18.5 Å². The van der Waals surface area contributed by atoms with Crippen molar-refractivity contribution in [1.29, 1.82) is 0 Å². The van der Waals surface area contributed by atoms with Gasteiger partial charge in [0.2, 0.25) is 0 Å². The smallest absolute Gasteiger partial charge is 0.141 e. The minimum absolute atomic E-state index is 0.148. The predicted molar refractivity (Wildman–Crippen MR) is 70.5 cm³/mol. The zero-order chi connectivity index (χ0) is 12.5. The van der Waals surface area contributed by atoms with Gasteiger partial charge in [-0.05, 0) is 43.7 Å². The highest BCUT2D eigenvalue weighted by molar-refractivity contribution is 5.84. The van der Waals surface area contributed by atoms with Gasteiger partial charge < -0.3 is 4.74 Å². The Morgan fingerprint density at radius 1 is 1.22 bits per heavy atom. The fourth-order valence-electron chi connectivity index (χ4n) is 3.29.